The second-order valence-electron chi connectivity index (χ2n) is 6.84. The van der Waals surface area contributed by atoms with Crippen LogP contribution in [0.2, 0.25) is 0 Å². The second-order valence-corrected chi connectivity index (χ2v) is 9.61. The minimum atomic E-state index is -5.18. The number of carbonyl (C=O) groups is 1. The number of nitrogens with one attached hydrogen (secondary N) is 2. The Kier molecular flexibility index (Phi) is 3.91. The van der Waals surface area contributed by atoms with Gasteiger partial charge in [-0.3, -0.25) is 14.1 Å². The topological polar surface area (TPSA) is 188 Å². The molecule has 0 atom stereocenters. The summed E-state index contributed by atoms with van der Waals surface area (Å²) in [5, 5.41) is 0.227. The largest absolute Gasteiger partial charge is 0.446 e. The molecule has 1 aromatic carbocycles. The smallest absolute Gasteiger partial charge is 0.393 e. The number of anilines is 3. The van der Waals surface area contributed by atoms with Crippen molar-refractivity contribution in [3.63, 3.8) is 0 Å². The zero-order chi connectivity index (χ0) is 31.8. The minimum absolute atomic E-state index is 0.111. The standard InChI is InChI=1S/C19H22N6O7S2/c1-33(27,28)23-13-2-3-14-12(10-13)11-15(22-14)19(26)25-8-6-24(7-9-25)18-17(20)16(4-5-21-18)32-34(29,30)31/h2-5,10-11,22-23H,6-9,20H2,1H3,(H,29,30,31)/i6D2,7D2,8D2,9D2. The number of H-pyrrole nitrogens is 1. The first-order chi connectivity index (χ1) is 18.9. The van der Waals surface area contributed by atoms with Gasteiger partial charge in [-0.25, -0.2) is 13.4 Å². The van der Waals surface area contributed by atoms with Gasteiger partial charge in [0.05, 0.1) is 17.2 Å². The summed E-state index contributed by atoms with van der Waals surface area (Å²) in [6, 6.07) is 5.97. The number of pyridine rings is 1. The SMILES string of the molecule is [2H]C1([2H])N(C(=O)c2cc3cc(NS(C)(=O)=O)ccc3[nH]2)C([2H])([2H])C([2H])([2H])N(c2nccc(OS(=O)(=O)O)c2N)C1([2H])[2H]. The zero-order valence-corrected chi connectivity index (χ0v) is 18.7. The lowest BCUT2D eigenvalue weighted by Gasteiger charge is -2.35. The fourth-order valence-corrected chi connectivity index (χ4v) is 3.85. The summed E-state index contributed by atoms with van der Waals surface area (Å²) in [5.41, 5.74) is 4.76. The third-order valence-electron chi connectivity index (χ3n) is 4.24. The fourth-order valence-electron chi connectivity index (χ4n) is 2.92. The average molecular weight is 519 g/mol. The van der Waals surface area contributed by atoms with Gasteiger partial charge in [-0.2, -0.15) is 8.42 Å². The molecule has 1 aliphatic heterocycles. The molecule has 0 saturated carbocycles. The van der Waals surface area contributed by atoms with Crippen molar-refractivity contribution < 1.29 is 41.3 Å². The number of amides is 1. The van der Waals surface area contributed by atoms with Crippen LogP contribution >= 0.6 is 0 Å². The Labute approximate surface area is 206 Å². The number of sulfonamides is 1. The molecule has 0 aliphatic carbocycles. The van der Waals surface area contributed by atoms with Crippen LogP contribution in [0.3, 0.4) is 0 Å². The Balaban J connectivity index is 1.84. The van der Waals surface area contributed by atoms with E-state index in [2.05, 4.69) is 18.9 Å². The van der Waals surface area contributed by atoms with Crippen molar-refractivity contribution in [1.29, 1.82) is 0 Å². The number of rotatable bonds is 6. The predicted molar refractivity (Wildman–Crippen MR) is 126 cm³/mol. The molecule has 5 N–H and O–H groups in total. The molecule has 182 valence electrons. The van der Waals surface area contributed by atoms with Crippen LogP contribution in [0, 0.1) is 0 Å². The highest BCUT2D eigenvalue weighted by Crippen LogP contribution is 2.31. The molecule has 0 bridgehead atoms. The summed E-state index contributed by atoms with van der Waals surface area (Å²) in [6.45, 7) is -14.6. The highest BCUT2D eigenvalue weighted by Gasteiger charge is 2.26. The molecule has 1 amide bonds. The van der Waals surface area contributed by atoms with E-state index in [1.165, 1.54) is 18.2 Å². The molecule has 0 spiro atoms. The van der Waals surface area contributed by atoms with Crippen molar-refractivity contribution in [2.45, 2.75) is 0 Å². The first-order valence-corrected chi connectivity index (χ1v) is 12.3. The van der Waals surface area contributed by atoms with E-state index in [1.54, 1.807) is 0 Å². The number of hydrogen-bond donors (Lipinski definition) is 4. The first kappa shape index (κ1) is 15.4. The van der Waals surface area contributed by atoms with Crippen LogP contribution in [-0.4, -0.2) is 74.4 Å². The Hall–Kier alpha value is -3.56. The molecule has 2 aromatic heterocycles. The molecule has 0 radical (unpaired) electrons. The van der Waals surface area contributed by atoms with Gasteiger partial charge >= 0.3 is 10.4 Å². The van der Waals surface area contributed by atoms with E-state index in [1.807, 2.05) is 0 Å². The summed E-state index contributed by atoms with van der Waals surface area (Å²) < 4.78 is 129. The lowest BCUT2D eigenvalue weighted by Crippen LogP contribution is -2.49. The maximum Gasteiger partial charge on any atom is 0.446 e. The predicted octanol–water partition coefficient (Wildman–Crippen LogP) is 0.661. The molecule has 3 aromatic rings. The lowest BCUT2D eigenvalue weighted by molar-refractivity contribution is 0.0741. The number of fused-ring (bicyclic) bond motifs is 1. The molecule has 4 rings (SSSR count). The molecule has 3 heterocycles. The number of hydrogen-bond acceptors (Lipinski definition) is 9. The number of benzene rings is 1. The number of nitrogens with zero attached hydrogens (tertiary/aromatic N) is 3. The van der Waals surface area contributed by atoms with E-state index >= 15 is 0 Å². The van der Waals surface area contributed by atoms with Crippen LogP contribution in [0.4, 0.5) is 17.2 Å². The van der Waals surface area contributed by atoms with Crippen LogP contribution in [0.15, 0.2) is 36.5 Å². The normalized spacial score (nSPS) is 24.3. The third kappa shape index (κ3) is 5.32. The van der Waals surface area contributed by atoms with Gasteiger partial charge in [0.1, 0.15) is 11.4 Å². The van der Waals surface area contributed by atoms with E-state index in [0.717, 1.165) is 24.6 Å². The monoisotopic (exact) mass is 518 g/mol. The van der Waals surface area contributed by atoms with Crippen LogP contribution in [0.1, 0.15) is 21.5 Å². The highest BCUT2D eigenvalue weighted by molar-refractivity contribution is 7.92. The van der Waals surface area contributed by atoms with Crippen LogP contribution < -0.4 is 19.5 Å². The number of aromatic amines is 1. The van der Waals surface area contributed by atoms with Crippen molar-refractivity contribution in [1.82, 2.24) is 14.9 Å². The van der Waals surface area contributed by atoms with E-state index in [4.69, 9.17) is 21.3 Å². The van der Waals surface area contributed by atoms with Crippen molar-refractivity contribution >= 4 is 54.4 Å². The molecular weight excluding hydrogens is 488 g/mol. The summed E-state index contributed by atoms with van der Waals surface area (Å²) in [5.74, 6) is -3.35. The molecule has 34 heavy (non-hydrogen) atoms. The second kappa shape index (κ2) is 8.66. The number of piperazine rings is 1. The Morgan fingerprint density at radius 3 is 2.56 bits per heavy atom. The van der Waals surface area contributed by atoms with Crippen LogP contribution in [0.5, 0.6) is 5.75 Å². The summed E-state index contributed by atoms with van der Waals surface area (Å²) in [7, 11) is -8.84. The maximum atomic E-state index is 13.6. The summed E-state index contributed by atoms with van der Waals surface area (Å²) >= 11 is 0. The third-order valence-corrected chi connectivity index (χ3v) is 5.24. The Bertz CT molecular complexity index is 1790. The fraction of sp³-hybridized carbons (Fsp3) is 0.263. The molecule has 0 unspecified atom stereocenters. The van der Waals surface area contributed by atoms with E-state index in [9.17, 15) is 21.6 Å². The maximum absolute atomic E-state index is 13.6. The zero-order valence-electron chi connectivity index (χ0n) is 25.1. The Morgan fingerprint density at radius 2 is 1.91 bits per heavy atom. The minimum Gasteiger partial charge on any atom is -0.393 e. The van der Waals surface area contributed by atoms with Crippen molar-refractivity contribution in [3.8, 4) is 5.75 Å². The molecule has 13 nitrogen and oxygen atoms in total. The summed E-state index contributed by atoms with van der Waals surface area (Å²) in [4.78, 5) is 19.5. The molecule has 1 fully saturated rings. The van der Waals surface area contributed by atoms with Gasteiger partial charge in [0, 0.05) is 54.8 Å². The van der Waals surface area contributed by atoms with Crippen molar-refractivity contribution in [3.05, 3.63) is 42.2 Å². The van der Waals surface area contributed by atoms with Gasteiger partial charge in [-0.15, -0.1) is 0 Å². The van der Waals surface area contributed by atoms with Gasteiger partial charge in [0.2, 0.25) is 10.0 Å². The van der Waals surface area contributed by atoms with Gasteiger partial charge < -0.3 is 24.7 Å². The van der Waals surface area contributed by atoms with E-state index in [0.29, 0.717) is 0 Å². The van der Waals surface area contributed by atoms with Gasteiger partial charge in [0.15, 0.2) is 11.6 Å². The highest BCUT2D eigenvalue weighted by atomic mass is 32.3. The van der Waals surface area contributed by atoms with Crippen LogP contribution in [0.25, 0.3) is 10.9 Å². The summed E-state index contributed by atoms with van der Waals surface area (Å²) in [6.07, 6.45) is 1.67. The molecule has 1 saturated heterocycles. The lowest BCUT2D eigenvalue weighted by atomic mass is 10.2. The quantitative estimate of drug-likeness (QED) is 0.337. The number of nitrogens with two attached hydrogens (primary N) is 1. The molecule has 15 heteroatoms. The van der Waals surface area contributed by atoms with Crippen molar-refractivity contribution in [2.24, 2.45) is 0 Å². The van der Waals surface area contributed by atoms with Gasteiger partial charge in [0.25, 0.3) is 5.91 Å². The first-order valence-electron chi connectivity index (χ1n) is 13.1. The van der Waals surface area contributed by atoms with Gasteiger partial charge in [-0.1, -0.05) is 0 Å². The number of carbonyl (C=O) groups excluding carboxylic acids is 1. The van der Waals surface area contributed by atoms with Crippen molar-refractivity contribution in [2.75, 3.05) is 47.6 Å². The Morgan fingerprint density at radius 1 is 1.21 bits per heavy atom. The number of nitrogen functional groups attached to an aromatic ring is 1. The number of aromatic nitrogens is 2. The van der Waals surface area contributed by atoms with Gasteiger partial charge in [-0.05, 0) is 24.3 Å². The average Bonchev–Trinajstić information content (AvgIpc) is 3.22. The van der Waals surface area contributed by atoms with E-state index < -0.39 is 75.3 Å². The van der Waals surface area contributed by atoms with Crippen LogP contribution in [-0.2, 0) is 20.4 Å². The molecule has 1 aliphatic rings. The molecular formula is C19H22N6O7S2. The van der Waals surface area contributed by atoms with E-state index in [-0.39, 0.29) is 26.4 Å².